The number of nitrogens with one attached hydrogen (secondary N) is 1. The Labute approximate surface area is 108 Å². The number of rotatable bonds is 5. The van der Waals surface area contributed by atoms with Gasteiger partial charge in [0.05, 0.1) is 12.7 Å². The minimum Gasteiger partial charge on any atom is -0.496 e. The molecule has 0 atom stereocenters. The summed E-state index contributed by atoms with van der Waals surface area (Å²) in [5, 5.41) is 12.5. The second-order valence-electron chi connectivity index (χ2n) is 5.02. The second kappa shape index (κ2) is 5.87. The zero-order valence-electron chi connectivity index (χ0n) is 11.4. The van der Waals surface area contributed by atoms with Gasteiger partial charge in [-0.15, -0.1) is 0 Å². The lowest BCUT2D eigenvalue weighted by molar-refractivity contribution is -0.114. The molecule has 4 nitrogen and oxygen atoms in total. The third-order valence-electron chi connectivity index (χ3n) is 2.61. The second-order valence-corrected chi connectivity index (χ2v) is 5.02. The summed E-state index contributed by atoms with van der Waals surface area (Å²) in [6, 6.07) is 5.50. The highest BCUT2D eigenvalue weighted by atomic mass is 16.5. The maximum Gasteiger partial charge on any atom is 0.221 e. The molecular formula is C14H21NO3. The normalized spacial score (nSPS) is 11.2. The van der Waals surface area contributed by atoms with Gasteiger partial charge in [0.1, 0.15) is 5.75 Å². The van der Waals surface area contributed by atoms with E-state index in [9.17, 15) is 9.90 Å². The maximum atomic E-state index is 11.0. The number of hydrogen-bond acceptors (Lipinski definition) is 3. The van der Waals surface area contributed by atoms with Crippen molar-refractivity contribution in [2.75, 3.05) is 12.4 Å². The molecule has 4 heteroatoms. The van der Waals surface area contributed by atoms with Crippen LogP contribution in [0, 0.1) is 0 Å². The molecule has 0 saturated carbocycles. The van der Waals surface area contributed by atoms with Crippen molar-refractivity contribution < 1.29 is 14.6 Å². The van der Waals surface area contributed by atoms with Crippen molar-refractivity contribution in [2.24, 2.45) is 0 Å². The lowest BCUT2D eigenvalue weighted by Gasteiger charge is -2.18. The lowest BCUT2D eigenvalue weighted by Crippen LogP contribution is -2.19. The molecule has 0 aromatic heterocycles. The van der Waals surface area contributed by atoms with Gasteiger partial charge < -0.3 is 15.2 Å². The Morgan fingerprint density at radius 3 is 2.61 bits per heavy atom. The molecule has 0 aliphatic carbocycles. The number of hydrogen-bond donors (Lipinski definition) is 2. The van der Waals surface area contributed by atoms with Gasteiger partial charge in [-0.05, 0) is 50.5 Å². The molecule has 0 radical (unpaired) electrons. The highest BCUT2D eigenvalue weighted by molar-refractivity contribution is 5.88. The first-order valence-corrected chi connectivity index (χ1v) is 5.99. The zero-order chi connectivity index (χ0) is 13.8. The Kier molecular flexibility index (Phi) is 4.73. The van der Waals surface area contributed by atoms with Gasteiger partial charge in [0.25, 0.3) is 0 Å². The largest absolute Gasteiger partial charge is 0.496 e. The zero-order valence-corrected chi connectivity index (χ0v) is 11.4. The van der Waals surface area contributed by atoms with Crippen molar-refractivity contribution in [2.45, 2.75) is 39.2 Å². The highest BCUT2D eigenvalue weighted by Crippen LogP contribution is 2.25. The molecule has 1 aromatic rings. The van der Waals surface area contributed by atoms with Crippen molar-refractivity contribution in [3.05, 3.63) is 23.8 Å². The number of aliphatic hydroxyl groups is 1. The molecule has 0 unspecified atom stereocenters. The number of aryl methyl sites for hydroxylation is 1. The van der Waals surface area contributed by atoms with Crippen LogP contribution in [-0.4, -0.2) is 23.7 Å². The Morgan fingerprint density at radius 2 is 2.11 bits per heavy atom. The van der Waals surface area contributed by atoms with Gasteiger partial charge in [-0.25, -0.2) is 0 Å². The summed E-state index contributed by atoms with van der Waals surface area (Å²) < 4.78 is 5.28. The quantitative estimate of drug-likeness (QED) is 0.844. The molecule has 0 aliphatic rings. The minimum absolute atomic E-state index is 0.103. The van der Waals surface area contributed by atoms with Crippen LogP contribution in [-0.2, 0) is 11.2 Å². The molecule has 0 saturated heterocycles. The standard InChI is InChI=1S/C14H21NO3/c1-10(16)15-12-5-6-13(18-4)11(9-12)7-8-14(2,3)17/h5-6,9,17H,7-8H2,1-4H3,(H,15,16). The van der Waals surface area contributed by atoms with Crippen LogP contribution in [0.4, 0.5) is 5.69 Å². The summed E-state index contributed by atoms with van der Waals surface area (Å²) in [5.41, 5.74) is 1.01. The van der Waals surface area contributed by atoms with Crippen molar-refractivity contribution in [3.63, 3.8) is 0 Å². The minimum atomic E-state index is -0.713. The van der Waals surface area contributed by atoms with Crippen LogP contribution in [0.15, 0.2) is 18.2 Å². The van der Waals surface area contributed by atoms with Crippen LogP contribution in [0.5, 0.6) is 5.75 Å². The average Bonchev–Trinajstić information content (AvgIpc) is 2.25. The van der Waals surface area contributed by atoms with Crippen molar-refractivity contribution in [1.82, 2.24) is 0 Å². The molecule has 2 N–H and O–H groups in total. The van der Waals surface area contributed by atoms with E-state index in [0.29, 0.717) is 12.8 Å². The fraction of sp³-hybridized carbons (Fsp3) is 0.500. The number of amides is 1. The molecule has 1 aromatic carbocycles. The fourth-order valence-electron chi connectivity index (χ4n) is 1.70. The van der Waals surface area contributed by atoms with Crippen LogP contribution in [0.3, 0.4) is 0 Å². The Hall–Kier alpha value is -1.55. The molecular weight excluding hydrogens is 230 g/mol. The van der Waals surface area contributed by atoms with Crippen LogP contribution in [0.25, 0.3) is 0 Å². The third kappa shape index (κ3) is 4.75. The first-order valence-electron chi connectivity index (χ1n) is 5.99. The molecule has 100 valence electrons. The molecule has 0 heterocycles. The number of carbonyl (C=O) groups is 1. The monoisotopic (exact) mass is 251 g/mol. The summed E-state index contributed by atoms with van der Waals surface area (Å²) in [4.78, 5) is 11.0. The van der Waals surface area contributed by atoms with Crippen molar-refractivity contribution >= 4 is 11.6 Å². The van der Waals surface area contributed by atoms with Gasteiger partial charge in [0.15, 0.2) is 0 Å². The van der Waals surface area contributed by atoms with E-state index in [2.05, 4.69) is 5.32 Å². The van der Waals surface area contributed by atoms with Crippen molar-refractivity contribution in [3.8, 4) is 5.75 Å². The van der Waals surface area contributed by atoms with E-state index in [0.717, 1.165) is 17.0 Å². The van der Waals surface area contributed by atoms with E-state index in [1.165, 1.54) is 6.92 Å². The molecule has 0 spiro atoms. The summed E-state index contributed by atoms with van der Waals surface area (Å²) in [5.74, 6) is 0.668. The van der Waals surface area contributed by atoms with Crippen molar-refractivity contribution in [1.29, 1.82) is 0 Å². The van der Waals surface area contributed by atoms with Gasteiger partial charge >= 0.3 is 0 Å². The number of methoxy groups -OCH3 is 1. The van der Waals surface area contributed by atoms with E-state index in [-0.39, 0.29) is 5.91 Å². The summed E-state index contributed by atoms with van der Waals surface area (Å²) in [6.45, 7) is 5.02. The van der Waals surface area contributed by atoms with Gasteiger partial charge in [0.2, 0.25) is 5.91 Å². The average molecular weight is 251 g/mol. The maximum absolute atomic E-state index is 11.0. The number of anilines is 1. The van der Waals surface area contributed by atoms with Gasteiger partial charge in [-0.1, -0.05) is 0 Å². The van der Waals surface area contributed by atoms with Crippen LogP contribution >= 0.6 is 0 Å². The van der Waals surface area contributed by atoms with E-state index in [4.69, 9.17) is 4.74 Å². The number of carbonyl (C=O) groups excluding carboxylic acids is 1. The number of ether oxygens (including phenoxy) is 1. The van der Waals surface area contributed by atoms with E-state index in [1.807, 2.05) is 12.1 Å². The Bertz CT molecular complexity index is 422. The third-order valence-corrected chi connectivity index (χ3v) is 2.61. The first-order chi connectivity index (χ1) is 8.31. The molecule has 0 fully saturated rings. The summed E-state index contributed by atoms with van der Waals surface area (Å²) in [6.07, 6.45) is 1.33. The lowest BCUT2D eigenvalue weighted by atomic mass is 9.98. The summed E-state index contributed by atoms with van der Waals surface area (Å²) >= 11 is 0. The first kappa shape index (κ1) is 14.5. The topological polar surface area (TPSA) is 58.6 Å². The van der Waals surface area contributed by atoms with Crippen LogP contribution in [0.2, 0.25) is 0 Å². The molecule has 0 aliphatic heterocycles. The molecule has 0 bridgehead atoms. The Balaban J connectivity index is 2.88. The molecule has 1 amide bonds. The number of benzene rings is 1. The Morgan fingerprint density at radius 1 is 1.44 bits per heavy atom. The summed E-state index contributed by atoms with van der Waals surface area (Å²) in [7, 11) is 1.61. The highest BCUT2D eigenvalue weighted by Gasteiger charge is 2.14. The van der Waals surface area contributed by atoms with E-state index < -0.39 is 5.60 Å². The van der Waals surface area contributed by atoms with Gasteiger partial charge in [-0.3, -0.25) is 4.79 Å². The predicted molar refractivity (Wildman–Crippen MR) is 71.9 cm³/mol. The van der Waals surface area contributed by atoms with E-state index >= 15 is 0 Å². The fourth-order valence-corrected chi connectivity index (χ4v) is 1.70. The molecule has 1 rings (SSSR count). The smallest absolute Gasteiger partial charge is 0.221 e. The molecule has 18 heavy (non-hydrogen) atoms. The predicted octanol–water partition coefficient (Wildman–Crippen LogP) is 2.36. The van der Waals surface area contributed by atoms with Crippen LogP contribution < -0.4 is 10.1 Å². The van der Waals surface area contributed by atoms with E-state index in [1.54, 1.807) is 27.0 Å². The SMILES string of the molecule is COc1ccc(NC(C)=O)cc1CCC(C)(C)O. The van der Waals surface area contributed by atoms with Crippen LogP contribution in [0.1, 0.15) is 32.8 Å². The van der Waals surface area contributed by atoms with Gasteiger partial charge in [0, 0.05) is 12.6 Å². The van der Waals surface area contributed by atoms with Gasteiger partial charge in [-0.2, -0.15) is 0 Å².